The normalized spacial score (nSPS) is 36.6. The highest BCUT2D eigenvalue weighted by molar-refractivity contribution is 4.98. The Hall–Kier alpha value is -0.0400. The van der Waals surface area contributed by atoms with Gasteiger partial charge in [0.15, 0.2) is 0 Å². The molecule has 2 fully saturated rings. The van der Waals surface area contributed by atoms with Crippen molar-refractivity contribution in [1.82, 2.24) is 0 Å². The molecule has 0 heterocycles. The first-order chi connectivity index (χ1) is 8.93. The van der Waals surface area contributed by atoms with E-state index in [0.29, 0.717) is 11.5 Å². The summed E-state index contributed by atoms with van der Waals surface area (Å²) in [7, 11) is 0. The Bertz CT molecular complexity index is 267. The monoisotopic (exact) mass is 265 g/mol. The van der Waals surface area contributed by atoms with E-state index in [0.717, 1.165) is 23.7 Å². The Morgan fingerprint density at radius 1 is 1.00 bits per heavy atom. The van der Waals surface area contributed by atoms with Crippen LogP contribution in [0.1, 0.15) is 79.1 Å². The highest BCUT2D eigenvalue weighted by Crippen LogP contribution is 2.50. The molecule has 2 saturated carbocycles. The molecule has 0 aromatic heterocycles. The van der Waals surface area contributed by atoms with Crippen molar-refractivity contribution in [2.24, 2.45) is 34.8 Å². The Kier molecular flexibility index (Phi) is 4.98. The van der Waals surface area contributed by atoms with Crippen LogP contribution in [0, 0.1) is 29.1 Å². The fourth-order valence-electron chi connectivity index (χ4n) is 5.37. The zero-order chi connectivity index (χ0) is 14.0. The van der Waals surface area contributed by atoms with Crippen LogP contribution in [0.2, 0.25) is 0 Å². The molecule has 0 aliphatic heterocycles. The SMILES string of the molecule is CC(C)CC1(C(N)C2CC(C)CC(C)C2)CCCC1. The van der Waals surface area contributed by atoms with Crippen molar-refractivity contribution in [3.05, 3.63) is 0 Å². The van der Waals surface area contributed by atoms with Crippen LogP contribution in [0.3, 0.4) is 0 Å². The van der Waals surface area contributed by atoms with Crippen LogP contribution < -0.4 is 5.73 Å². The number of nitrogens with two attached hydrogens (primary N) is 1. The quantitative estimate of drug-likeness (QED) is 0.761. The van der Waals surface area contributed by atoms with E-state index < -0.39 is 0 Å². The second kappa shape index (κ2) is 6.16. The molecule has 2 aliphatic carbocycles. The van der Waals surface area contributed by atoms with Crippen molar-refractivity contribution in [3.63, 3.8) is 0 Å². The molecule has 2 aliphatic rings. The molecule has 1 nitrogen and oxygen atoms in total. The first-order valence-corrected chi connectivity index (χ1v) is 8.68. The van der Waals surface area contributed by atoms with Crippen LogP contribution in [0.15, 0.2) is 0 Å². The Morgan fingerprint density at radius 2 is 1.53 bits per heavy atom. The fourth-order valence-corrected chi connectivity index (χ4v) is 5.37. The molecule has 2 N–H and O–H groups in total. The van der Waals surface area contributed by atoms with E-state index in [1.54, 1.807) is 0 Å². The van der Waals surface area contributed by atoms with Gasteiger partial charge < -0.3 is 5.73 Å². The molecule has 0 spiro atoms. The smallest absolute Gasteiger partial charge is 0.0124 e. The topological polar surface area (TPSA) is 26.0 Å². The van der Waals surface area contributed by atoms with Crippen molar-refractivity contribution in [3.8, 4) is 0 Å². The summed E-state index contributed by atoms with van der Waals surface area (Å²) in [4.78, 5) is 0. The lowest BCUT2D eigenvalue weighted by Gasteiger charge is -2.45. The highest BCUT2D eigenvalue weighted by atomic mass is 14.7. The van der Waals surface area contributed by atoms with Crippen LogP contribution in [0.4, 0.5) is 0 Å². The average molecular weight is 265 g/mol. The predicted octanol–water partition coefficient (Wildman–Crippen LogP) is 4.99. The first-order valence-electron chi connectivity index (χ1n) is 8.68. The van der Waals surface area contributed by atoms with Crippen LogP contribution in [-0.4, -0.2) is 6.04 Å². The maximum absolute atomic E-state index is 6.86. The summed E-state index contributed by atoms with van der Waals surface area (Å²) in [6.45, 7) is 9.61. The molecule has 3 atom stereocenters. The Balaban J connectivity index is 2.08. The van der Waals surface area contributed by atoms with Gasteiger partial charge >= 0.3 is 0 Å². The van der Waals surface area contributed by atoms with Gasteiger partial charge in [0, 0.05) is 6.04 Å². The molecule has 3 unspecified atom stereocenters. The first kappa shape index (κ1) is 15.4. The second-order valence-corrected chi connectivity index (χ2v) is 8.37. The minimum Gasteiger partial charge on any atom is -0.327 e. The number of hydrogen-bond acceptors (Lipinski definition) is 1. The van der Waals surface area contributed by atoms with Gasteiger partial charge in [-0.1, -0.05) is 40.5 Å². The minimum absolute atomic E-state index is 0.461. The Morgan fingerprint density at radius 3 is 2.00 bits per heavy atom. The maximum atomic E-state index is 6.86. The van der Waals surface area contributed by atoms with E-state index in [2.05, 4.69) is 27.7 Å². The van der Waals surface area contributed by atoms with Crippen molar-refractivity contribution in [2.75, 3.05) is 0 Å². The number of rotatable bonds is 4. The molecule has 0 aromatic rings. The van der Waals surface area contributed by atoms with Crippen molar-refractivity contribution >= 4 is 0 Å². The second-order valence-electron chi connectivity index (χ2n) is 8.37. The van der Waals surface area contributed by atoms with Crippen LogP contribution in [0.5, 0.6) is 0 Å². The maximum Gasteiger partial charge on any atom is 0.0124 e. The minimum atomic E-state index is 0.461. The largest absolute Gasteiger partial charge is 0.327 e. The molecular formula is C18H35N. The summed E-state index contributed by atoms with van der Waals surface area (Å²) >= 11 is 0. The fraction of sp³-hybridized carbons (Fsp3) is 1.00. The van der Waals surface area contributed by atoms with Gasteiger partial charge in [-0.05, 0) is 67.6 Å². The third-order valence-electron chi connectivity index (χ3n) is 5.84. The molecule has 1 heteroatoms. The summed E-state index contributed by atoms with van der Waals surface area (Å²) in [6.07, 6.45) is 11.2. The lowest BCUT2D eigenvalue weighted by molar-refractivity contribution is 0.0897. The molecule has 0 radical (unpaired) electrons. The van der Waals surface area contributed by atoms with Crippen LogP contribution >= 0.6 is 0 Å². The zero-order valence-electron chi connectivity index (χ0n) is 13.6. The molecule has 19 heavy (non-hydrogen) atoms. The molecule has 2 rings (SSSR count). The van der Waals surface area contributed by atoms with Crippen molar-refractivity contribution < 1.29 is 0 Å². The van der Waals surface area contributed by atoms with Gasteiger partial charge in [0.25, 0.3) is 0 Å². The third kappa shape index (κ3) is 3.54. The van der Waals surface area contributed by atoms with E-state index in [1.165, 1.54) is 51.4 Å². The summed E-state index contributed by atoms with van der Waals surface area (Å²) in [5.74, 6) is 3.35. The zero-order valence-corrected chi connectivity index (χ0v) is 13.6. The van der Waals surface area contributed by atoms with E-state index >= 15 is 0 Å². The van der Waals surface area contributed by atoms with Crippen molar-refractivity contribution in [2.45, 2.75) is 85.1 Å². The van der Waals surface area contributed by atoms with Gasteiger partial charge in [0.2, 0.25) is 0 Å². The standard InChI is InChI=1S/C18H35N/c1-13(2)12-18(7-5-6-8-18)17(19)16-10-14(3)9-15(4)11-16/h13-17H,5-12,19H2,1-4H3. The van der Waals surface area contributed by atoms with Gasteiger partial charge in [-0.15, -0.1) is 0 Å². The van der Waals surface area contributed by atoms with Crippen LogP contribution in [0.25, 0.3) is 0 Å². The van der Waals surface area contributed by atoms with Gasteiger partial charge in [0.05, 0.1) is 0 Å². The van der Waals surface area contributed by atoms with E-state index in [1.807, 2.05) is 0 Å². The highest BCUT2D eigenvalue weighted by Gasteiger charge is 2.44. The van der Waals surface area contributed by atoms with Gasteiger partial charge in [-0.2, -0.15) is 0 Å². The summed E-state index contributed by atoms with van der Waals surface area (Å²) in [5.41, 5.74) is 7.34. The molecular weight excluding hydrogens is 230 g/mol. The third-order valence-corrected chi connectivity index (χ3v) is 5.84. The average Bonchev–Trinajstić information content (AvgIpc) is 2.75. The van der Waals surface area contributed by atoms with E-state index in [-0.39, 0.29) is 0 Å². The van der Waals surface area contributed by atoms with E-state index in [4.69, 9.17) is 5.73 Å². The lowest BCUT2D eigenvalue weighted by Crippen LogP contribution is -2.48. The van der Waals surface area contributed by atoms with Crippen molar-refractivity contribution in [1.29, 1.82) is 0 Å². The molecule has 112 valence electrons. The number of hydrogen-bond donors (Lipinski definition) is 1. The van der Waals surface area contributed by atoms with Gasteiger partial charge in [-0.25, -0.2) is 0 Å². The molecule has 0 amide bonds. The summed E-state index contributed by atoms with van der Waals surface area (Å²) in [6, 6.07) is 0.461. The Labute approximate surface area is 120 Å². The van der Waals surface area contributed by atoms with Gasteiger partial charge in [0.1, 0.15) is 0 Å². The van der Waals surface area contributed by atoms with E-state index in [9.17, 15) is 0 Å². The van der Waals surface area contributed by atoms with Gasteiger partial charge in [-0.3, -0.25) is 0 Å². The predicted molar refractivity (Wildman–Crippen MR) is 84.0 cm³/mol. The molecule has 0 saturated heterocycles. The lowest BCUT2D eigenvalue weighted by atomic mass is 9.63. The molecule has 0 bridgehead atoms. The van der Waals surface area contributed by atoms with Crippen LogP contribution in [-0.2, 0) is 0 Å². The molecule has 0 aromatic carbocycles. The summed E-state index contributed by atoms with van der Waals surface area (Å²) < 4.78 is 0. The summed E-state index contributed by atoms with van der Waals surface area (Å²) in [5, 5.41) is 0.